The van der Waals surface area contributed by atoms with Gasteiger partial charge in [-0.2, -0.15) is 0 Å². The first kappa shape index (κ1) is 14.3. The number of hydrogen-bond donors (Lipinski definition) is 0. The van der Waals surface area contributed by atoms with Crippen molar-refractivity contribution in [2.75, 3.05) is 0 Å². The zero-order valence-corrected chi connectivity index (χ0v) is 13.0. The summed E-state index contributed by atoms with van der Waals surface area (Å²) >= 11 is 0. The molecule has 1 nitrogen and oxygen atoms in total. The number of rotatable bonds is 3. The lowest BCUT2D eigenvalue weighted by molar-refractivity contribution is 1.28. The second-order valence-electron chi connectivity index (χ2n) is 5.34. The molecule has 0 saturated carbocycles. The molecule has 0 saturated heterocycles. The van der Waals surface area contributed by atoms with Gasteiger partial charge in [-0.15, -0.1) is 0 Å². The van der Waals surface area contributed by atoms with Crippen LogP contribution in [0.1, 0.15) is 18.1 Å². The van der Waals surface area contributed by atoms with E-state index in [2.05, 4.69) is 73.7 Å². The van der Waals surface area contributed by atoms with Crippen molar-refractivity contribution in [2.45, 2.75) is 13.8 Å². The van der Waals surface area contributed by atoms with Crippen LogP contribution in [0.5, 0.6) is 0 Å². The van der Waals surface area contributed by atoms with Gasteiger partial charge in [-0.3, -0.25) is 4.98 Å². The Morgan fingerprint density at radius 2 is 1.59 bits per heavy atom. The van der Waals surface area contributed by atoms with Crippen LogP contribution in [0.15, 0.2) is 72.9 Å². The zero-order chi connectivity index (χ0) is 15.4. The van der Waals surface area contributed by atoms with Crippen molar-refractivity contribution in [2.24, 2.45) is 0 Å². The van der Waals surface area contributed by atoms with Gasteiger partial charge < -0.3 is 0 Å². The third-order valence-electron chi connectivity index (χ3n) is 3.78. The van der Waals surface area contributed by atoms with Gasteiger partial charge in [-0.25, -0.2) is 0 Å². The van der Waals surface area contributed by atoms with E-state index in [1.807, 2.05) is 19.2 Å². The quantitative estimate of drug-likeness (QED) is 0.596. The number of aromatic nitrogens is 1. The topological polar surface area (TPSA) is 12.9 Å². The van der Waals surface area contributed by atoms with Crippen molar-refractivity contribution in [3.8, 4) is 22.4 Å². The van der Waals surface area contributed by atoms with Crippen LogP contribution in [-0.2, 0) is 0 Å². The molecule has 0 amide bonds. The minimum Gasteiger partial charge on any atom is -0.256 e. The highest BCUT2D eigenvalue weighted by Crippen LogP contribution is 2.28. The van der Waals surface area contributed by atoms with Gasteiger partial charge in [-0.1, -0.05) is 66.7 Å². The van der Waals surface area contributed by atoms with Gasteiger partial charge >= 0.3 is 0 Å². The molecule has 1 heteroatoms. The zero-order valence-electron chi connectivity index (χ0n) is 13.0. The minimum atomic E-state index is 1.02. The molecule has 0 bridgehead atoms. The molecule has 0 spiro atoms. The van der Waals surface area contributed by atoms with E-state index >= 15 is 0 Å². The summed E-state index contributed by atoms with van der Waals surface area (Å²) in [5.74, 6) is 0. The van der Waals surface area contributed by atoms with Gasteiger partial charge in [0, 0.05) is 17.3 Å². The summed E-state index contributed by atoms with van der Waals surface area (Å²) in [4.78, 5) is 4.70. The molecule has 0 radical (unpaired) electrons. The maximum absolute atomic E-state index is 4.70. The molecule has 0 aliphatic rings. The second-order valence-corrected chi connectivity index (χ2v) is 5.34. The van der Waals surface area contributed by atoms with Crippen molar-refractivity contribution in [1.82, 2.24) is 4.98 Å². The summed E-state index contributed by atoms with van der Waals surface area (Å²) < 4.78 is 0. The van der Waals surface area contributed by atoms with Crippen LogP contribution >= 0.6 is 0 Å². The van der Waals surface area contributed by atoms with Gasteiger partial charge in [0.2, 0.25) is 0 Å². The Morgan fingerprint density at radius 3 is 2.32 bits per heavy atom. The molecule has 0 N–H and O–H groups in total. The monoisotopic (exact) mass is 285 g/mol. The highest BCUT2D eigenvalue weighted by atomic mass is 14.7. The molecule has 0 fully saturated rings. The Morgan fingerprint density at radius 1 is 0.864 bits per heavy atom. The van der Waals surface area contributed by atoms with Crippen molar-refractivity contribution in [3.05, 3.63) is 84.1 Å². The number of pyridine rings is 1. The van der Waals surface area contributed by atoms with Crippen LogP contribution in [0.2, 0.25) is 0 Å². The molecule has 2 aromatic carbocycles. The lowest BCUT2D eigenvalue weighted by atomic mass is 9.98. The number of hydrogen-bond acceptors (Lipinski definition) is 1. The number of nitrogens with zero attached hydrogens (tertiary/aromatic N) is 1. The lowest BCUT2D eigenvalue weighted by Crippen LogP contribution is -1.91. The Bertz CT molecular complexity index is 801. The van der Waals surface area contributed by atoms with E-state index in [-0.39, 0.29) is 0 Å². The average Bonchev–Trinajstić information content (AvgIpc) is 2.56. The van der Waals surface area contributed by atoms with E-state index in [9.17, 15) is 0 Å². The van der Waals surface area contributed by atoms with Crippen LogP contribution < -0.4 is 0 Å². The van der Waals surface area contributed by atoms with Crippen LogP contribution in [0.3, 0.4) is 0 Å². The maximum atomic E-state index is 4.70. The molecule has 0 aliphatic heterocycles. The highest BCUT2D eigenvalue weighted by Gasteiger charge is 2.07. The first-order valence-corrected chi connectivity index (χ1v) is 7.54. The first-order valence-electron chi connectivity index (χ1n) is 7.54. The lowest BCUT2D eigenvalue weighted by Gasteiger charge is -2.10. The predicted octanol–water partition coefficient (Wildman–Crippen LogP) is 5.76. The maximum Gasteiger partial charge on any atom is 0.0711 e. The second kappa shape index (κ2) is 6.40. The molecule has 3 aromatic rings. The largest absolute Gasteiger partial charge is 0.256 e. The summed E-state index contributed by atoms with van der Waals surface area (Å²) in [6.07, 6.45) is 6.16. The summed E-state index contributed by atoms with van der Waals surface area (Å²) in [5.41, 5.74) is 7.03. The van der Waals surface area contributed by atoms with Crippen LogP contribution in [0.25, 0.3) is 28.5 Å². The predicted molar refractivity (Wildman–Crippen MR) is 94.6 cm³/mol. The van der Waals surface area contributed by atoms with Gasteiger partial charge in [0.15, 0.2) is 0 Å². The molecule has 0 aliphatic carbocycles. The number of benzene rings is 2. The van der Waals surface area contributed by atoms with Crippen molar-refractivity contribution in [1.29, 1.82) is 0 Å². The minimum absolute atomic E-state index is 1.02. The molecule has 0 unspecified atom stereocenters. The van der Waals surface area contributed by atoms with Crippen molar-refractivity contribution >= 4 is 6.08 Å². The first-order chi connectivity index (χ1) is 10.8. The van der Waals surface area contributed by atoms with Crippen molar-refractivity contribution in [3.63, 3.8) is 0 Å². The fourth-order valence-corrected chi connectivity index (χ4v) is 2.68. The molecular formula is C21H19N. The van der Waals surface area contributed by atoms with Gasteiger partial charge in [0.05, 0.1) is 5.69 Å². The smallest absolute Gasteiger partial charge is 0.0711 e. The Kier molecular flexibility index (Phi) is 4.15. The molecule has 1 heterocycles. The van der Waals surface area contributed by atoms with E-state index in [1.165, 1.54) is 27.8 Å². The molecule has 108 valence electrons. The van der Waals surface area contributed by atoms with Gasteiger partial charge in [0.25, 0.3) is 0 Å². The number of aryl methyl sites for hydroxylation is 1. The fraction of sp³-hybridized carbons (Fsp3) is 0.0952. The van der Waals surface area contributed by atoms with E-state index in [0.29, 0.717) is 0 Å². The van der Waals surface area contributed by atoms with E-state index in [4.69, 9.17) is 4.98 Å². The number of allylic oxidation sites excluding steroid dienone is 1. The fourth-order valence-electron chi connectivity index (χ4n) is 2.68. The van der Waals surface area contributed by atoms with Crippen LogP contribution in [0.4, 0.5) is 0 Å². The van der Waals surface area contributed by atoms with Crippen molar-refractivity contribution < 1.29 is 0 Å². The van der Waals surface area contributed by atoms with Gasteiger partial charge in [0.1, 0.15) is 0 Å². The SMILES string of the molecule is C/C=C\c1ccccc1-c1cc(C)c(-c2ccccc2)cn1. The van der Waals surface area contributed by atoms with E-state index in [0.717, 1.165) is 5.69 Å². The highest BCUT2D eigenvalue weighted by molar-refractivity contribution is 5.75. The summed E-state index contributed by atoms with van der Waals surface area (Å²) in [6.45, 7) is 4.18. The standard InChI is InChI=1S/C21H19N/c1-3-9-17-12-7-8-13-19(17)21-14-16(2)20(15-22-21)18-10-5-4-6-11-18/h3-15H,1-2H3/b9-3-. The Balaban J connectivity index is 2.07. The molecular weight excluding hydrogens is 266 g/mol. The van der Waals surface area contributed by atoms with Crippen LogP contribution in [-0.4, -0.2) is 4.98 Å². The summed E-state index contributed by atoms with van der Waals surface area (Å²) in [6, 6.07) is 20.9. The van der Waals surface area contributed by atoms with Gasteiger partial charge in [-0.05, 0) is 36.6 Å². The van der Waals surface area contributed by atoms with E-state index < -0.39 is 0 Å². The molecule has 3 rings (SSSR count). The molecule has 22 heavy (non-hydrogen) atoms. The third-order valence-corrected chi connectivity index (χ3v) is 3.78. The normalized spacial score (nSPS) is 11.0. The Hall–Kier alpha value is -2.67. The Labute approximate surface area is 132 Å². The summed E-state index contributed by atoms with van der Waals surface area (Å²) in [7, 11) is 0. The summed E-state index contributed by atoms with van der Waals surface area (Å²) in [5, 5.41) is 0. The van der Waals surface area contributed by atoms with Crippen LogP contribution in [0, 0.1) is 6.92 Å². The average molecular weight is 285 g/mol. The molecule has 0 atom stereocenters. The third kappa shape index (κ3) is 2.84. The molecule has 1 aromatic heterocycles. The van der Waals surface area contributed by atoms with E-state index in [1.54, 1.807) is 0 Å².